The molecule has 1 N–H and O–H groups in total. The van der Waals surface area contributed by atoms with Crippen LogP contribution in [0.3, 0.4) is 0 Å². The third-order valence-electron chi connectivity index (χ3n) is 3.62. The number of ketones is 1. The maximum atomic E-state index is 12.5. The largest absolute Gasteiger partial charge is 0.379 e. The van der Waals surface area contributed by atoms with Gasteiger partial charge in [-0.2, -0.15) is 4.31 Å². The smallest absolute Gasteiger partial charge is 0.243 e. The molecule has 1 saturated heterocycles. The molecule has 0 radical (unpaired) electrons. The molecule has 0 aliphatic carbocycles. The van der Waals surface area contributed by atoms with Gasteiger partial charge in [-0.05, 0) is 24.3 Å². The zero-order valence-corrected chi connectivity index (χ0v) is 14.5. The summed E-state index contributed by atoms with van der Waals surface area (Å²) in [4.78, 5) is 16.4. The predicted molar refractivity (Wildman–Crippen MR) is 91.0 cm³/mol. The Balaban J connectivity index is 1.67. The summed E-state index contributed by atoms with van der Waals surface area (Å²) in [6, 6.07) is 6.03. The Morgan fingerprint density at radius 2 is 1.96 bits per heavy atom. The number of morpholine rings is 1. The van der Waals surface area contributed by atoms with E-state index in [1.165, 1.54) is 27.8 Å². The summed E-state index contributed by atoms with van der Waals surface area (Å²) in [5.41, 5.74) is 0.458. The third kappa shape index (κ3) is 3.81. The van der Waals surface area contributed by atoms with Gasteiger partial charge in [-0.25, -0.2) is 13.4 Å². The van der Waals surface area contributed by atoms with E-state index < -0.39 is 10.0 Å². The number of Topliss-reactive ketones (excluding diaryl/α,β-unsaturated/α-hetero) is 1. The first kappa shape index (κ1) is 17.0. The SMILES string of the molecule is O=C(CNc1nccs1)c1ccc(S(=O)(=O)N2CCOCC2)cc1. The number of thiazole rings is 1. The lowest BCUT2D eigenvalue weighted by molar-refractivity contribution is 0.0730. The molecule has 3 rings (SSSR count). The number of benzene rings is 1. The minimum atomic E-state index is -3.53. The van der Waals surface area contributed by atoms with E-state index in [1.807, 2.05) is 5.38 Å². The van der Waals surface area contributed by atoms with E-state index in [2.05, 4.69) is 10.3 Å². The van der Waals surface area contributed by atoms with Crippen LogP contribution in [0.5, 0.6) is 0 Å². The van der Waals surface area contributed by atoms with Crippen LogP contribution in [-0.4, -0.2) is 56.3 Å². The molecule has 0 unspecified atom stereocenters. The van der Waals surface area contributed by atoms with Crippen LogP contribution < -0.4 is 5.32 Å². The Bertz CT molecular complexity index is 783. The van der Waals surface area contributed by atoms with Gasteiger partial charge < -0.3 is 10.1 Å². The highest BCUT2D eigenvalue weighted by Crippen LogP contribution is 2.18. The first-order valence-electron chi connectivity index (χ1n) is 7.42. The van der Waals surface area contributed by atoms with Crippen LogP contribution in [0.15, 0.2) is 40.7 Å². The van der Waals surface area contributed by atoms with Crippen molar-refractivity contribution < 1.29 is 17.9 Å². The number of anilines is 1. The first-order chi connectivity index (χ1) is 11.6. The van der Waals surface area contributed by atoms with Crippen LogP contribution in [0.25, 0.3) is 0 Å². The number of carbonyl (C=O) groups excluding carboxylic acids is 1. The van der Waals surface area contributed by atoms with Crippen LogP contribution >= 0.6 is 11.3 Å². The molecule has 2 heterocycles. The number of sulfonamides is 1. The van der Waals surface area contributed by atoms with Gasteiger partial charge >= 0.3 is 0 Å². The number of hydrogen-bond acceptors (Lipinski definition) is 7. The van der Waals surface area contributed by atoms with Gasteiger partial charge in [-0.3, -0.25) is 4.79 Å². The van der Waals surface area contributed by atoms with Gasteiger partial charge in [0.2, 0.25) is 10.0 Å². The maximum absolute atomic E-state index is 12.5. The van der Waals surface area contributed by atoms with Gasteiger partial charge in [0, 0.05) is 30.2 Å². The van der Waals surface area contributed by atoms with E-state index in [1.54, 1.807) is 18.3 Å². The van der Waals surface area contributed by atoms with E-state index >= 15 is 0 Å². The number of ether oxygens (including phenoxy) is 1. The Morgan fingerprint density at radius 1 is 1.25 bits per heavy atom. The highest BCUT2D eigenvalue weighted by Gasteiger charge is 2.26. The average molecular weight is 367 g/mol. The second kappa shape index (κ2) is 7.39. The highest BCUT2D eigenvalue weighted by atomic mass is 32.2. The average Bonchev–Trinajstić information content (AvgIpc) is 3.14. The fourth-order valence-corrected chi connectivity index (χ4v) is 4.25. The number of aromatic nitrogens is 1. The van der Waals surface area contributed by atoms with Crippen molar-refractivity contribution in [2.45, 2.75) is 4.90 Å². The Labute approximate surface area is 144 Å². The summed E-state index contributed by atoms with van der Waals surface area (Å²) in [5.74, 6) is -0.125. The van der Waals surface area contributed by atoms with Crippen LogP contribution in [-0.2, 0) is 14.8 Å². The van der Waals surface area contributed by atoms with Gasteiger partial charge in [0.15, 0.2) is 10.9 Å². The first-order valence-corrected chi connectivity index (χ1v) is 9.74. The quantitative estimate of drug-likeness (QED) is 0.778. The van der Waals surface area contributed by atoms with Gasteiger partial charge in [-0.15, -0.1) is 11.3 Å². The molecule has 9 heteroatoms. The molecule has 2 aromatic rings. The highest BCUT2D eigenvalue weighted by molar-refractivity contribution is 7.89. The van der Waals surface area contributed by atoms with E-state index in [0.29, 0.717) is 37.0 Å². The summed E-state index contributed by atoms with van der Waals surface area (Å²) in [7, 11) is -3.53. The van der Waals surface area contributed by atoms with Crippen molar-refractivity contribution in [3.63, 3.8) is 0 Å². The molecule has 1 aromatic heterocycles. The van der Waals surface area contributed by atoms with Crippen LogP contribution in [0, 0.1) is 0 Å². The maximum Gasteiger partial charge on any atom is 0.243 e. The van der Waals surface area contributed by atoms with Crippen molar-refractivity contribution in [1.29, 1.82) is 0 Å². The molecule has 128 valence electrons. The van der Waals surface area contributed by atoms with Crippen molar-refractivity contribution in [3.8, 4) is 0 Å². The predicted octanol–water partition coefficient (Wildman–Crippen LogP) is 1.46. The van der Waals surface area contributed by atoms with E-state index in [0.717, 1.165) is 0 Å². The molecule has 1 fully saturated rings. The lowest BCUT2D eigenvalue weighted by atomic mass is 10.1. The van der Waals surface area contributed by atoms with Crippen molar-refractivity contribution in [2.75, 3.05) is 38.2 Å². The minimum Gasteiger partial charge on any atom is -0.379 e. The number of rotatable bonds is 6. The number of nitrogens with zero attached hydrogens (tertiary/aromatic N) is 2. The van der Waals surface area contributed by atoms with Crippen LogP contribution in [0.1, 0.15) is 10.4 Å². The minimum absolute atomic E-state index is 0.114. The second-order valence-electron chi connectivity index (χ2n) is 5.15. The summed E-state index contributed by atoms with van der Waals surface area (Å²) in [6.07, 6.45) is 1.66. The summed E-state index contributed by atoms with van der Waals surface area (Å²) in [5, 5.41) is 5.43. The van der Waals surface area contributed by atoms with E-state index in [-0.39, 0.29) is 17.2 Å². The number of carbonyl (C=O) groups is 1. The molecule has 24 heavy (non-hydrogen) atoms. The molecule has 1 aromatic carbocycles. The Hall–Kier alpha value is -1.81. The third-order valence-corrected chi connectivity index (χ3v) is 6.26. The summed E-state index contributed by atoms with van der Waals surface area (Å²) >= 11 is 1.41. The van der Waals surface area contributed by atoms with Crippen molar-refractivity contribution in [2.24, 2.45) is 0 Å². The lowest BCUT2D eigenvalue weighted by Gasteiger charge is -2.26. The molecular formula is C15H17N3O4S2. The molecule has 0 atom stereocenters. The van der Waals surface area contributed by atoms with Gasteiger partial charge in [-0.1, -0.05) is 0 Å². The van der Waals surface area contributed by atoms with Crippen molar-refractivity contribution in [1.82, 2.24) is 9.29 Å². The second-order valence-corrected chi connectivity index (χ2v) is 7.99. The summed E-state index contributed by atoms with van der Waals surface area (Å²) in [6.45, 7) is 1.61. The molecule has 0 spiro atoms. The Kier molecular flexibility index (Phi) is 5.24. The zero-order valence-electron chi connectivity index (χ0n) is 12.8. The van der Waals surface area contributed by atoms with Gasteiger partial charge in [0.05, 0.1) is 24.7 Å². The molecule has 1 aliphatic heterocycles. The fourth-order valence-electron chi connectivity index (χ4n) is 2.32. The van der Waals surface area contributed by atoms with Gasteiger partial charge in [0.1, 0.15) is 0 Å². The lowest BCUT2D eigenvalue weighted by Crippen LogP contribution is -2.40. The fraction of sp³-hybridized carbons (Fsp3) is 0.333. The molecular weight excluding hydrogens is 350 g/mol. The molecule has 1 aliphatic rings. The molecule has 0 bridgehead atoms. The molecule has 0 saturated carbocycles. The molecule has 0 amide bonds. The van der Waals surface area contributed by atoms with Crippen LogP contribution in [0.2, 0.25) is 0 Å². The monoisotopic (exact) mass is 367 g/mol. The number of hydrogen-bond donors (Lipinski definition) is 1. The molecule has 7 nitrogen and oxygen atoms in total. The van der Waals surface area contributed by atoms with Crippen molar-refractivity contribution >= 4 is 32.3 Å². The Morgan fingerprint density at radius 3 is 2.58 bits per heavy atom. The van der Waals surface area contributed by atoms with Crippen molar-refractivity contribution in [3.05, 3.63) is 41.4 Å². The number of nitrogens with one attached hydrogen (secondary N) is 1. The van der Waals surface area contributed by atoms with Crippen LogP contribution in [0.4, 0.5) is 5.13 Å². The van der Waals surface area contributed by atoms with Gasteiger partial charge in [0.25, 0.3) is 0 Å². The normalized spacial score (nSPS) is 16.0. The zero-order chi connectivity index (χ0) is 17.0. The summed E-state index contributed by atoms with van der Waals surface area (Å²) < 4.78 is 31.6. The van der Waals surface area contributed by atoms with E-state index in [9.17, 15) is 13.2 Å². The van der Waals surface area contributed by atoms with E-state index in [4.69, 9.17) is 4.74 Å². The standard InChI is InChI=1S/C15H17N3O4S2/c19-14(11-17-15-16-5-10-23-15)12-1-3-13(4-2-12)24(20,21)18-6-8-22-9-7-18/h1-5,10H,6-9,11H2,(H,16,17). The topological polar surface area (TPSA) is 88.6 Å².